The van der Waals surface area contributed by atoms with E-state index in [1.54, 1.807) is 18.3 Å². The highest BCUT2D eigenvalue weighted by Gasteiger charge is 2.19. The second kappa shape index (κ2) is 5.31. The summed E-state index contributed by atoms with van der Waals surface area (Å²) in [7, 11) is 1.95. The molecule has 1 atom stereocenters. The molecule has 0 spiro atoms. The van der Waals surface area contributed by atoms with Crippen LogP contribution < -0.4 is 5.32 Å². The lowest BCUT2D eigenvalue weighted by Crippen LogP contribution is -2.25. The van der Waals surface area contributed by atoms with Gasteiger partial charge >= 0.3 is 0 Å². The Morgan fingerprint density at radius 1 is 1.44 bits per heavy atom. The van der Waals surface area contributed by atoms with Crippen molar-refractivity contribution in [1.29, 1.82) is 0 Å². The zero-order chi connectivity index (χ0) is 13.1. The lowest BCUT2D eigenvalue weighted by atomic mass is 10.0. The van der Waals surface area contributed by atoms with Crippen LogP contribution in [0.5, 0.6) is 0 Å². The van der Waals surface area contributed by atoms with Crippen LogP contribution in [0, 0.1) is 12.7 Å². The van der Waals surface area contributed by atoms with Crippen LogP contribution in [0.3, 0.4) is 0 Å². The molecule has 1 N–H and O–H groups in total. The average Bonchev–Trinajstić information content (AvgIpc) is 2.76. The molecule has 1 aromatic carbocycles. The maximum atomic E-state index is 13.4. The average molecular weight is 247 g/mol. The van der Waals surface area contributed by atoms with Crippen molar-refractivity contribution in [3.8, 4) is 0 Å². The maximum absolute atomic E-state index is 13.4. The predicted molar refractivity (Wildman–Crippen MR) is 69.9 cm³/mol. The zero-order valence-electron chi connectivity index (χ0n) is 10.9. The summed E-state index contributed by atoms with van der Waals surface area (Å²) < 4.78 is 15.4. The van der Waals surface area contributed by atoms with E-state index in [-0.39, 0.29) is 11.9 Å². The Morgan fingerprint density at radius 2 is 2.22 bits per heavy atom. The Morgan fingerprint density at radius 3 is 2.83 bits per heavy atom. The first-order chi connectivity index (χ1) is 8.63. The van der Waals surface area contributed by atoms with Crippen LogP contribution in [0.4, 0.5) is 4.39 Å². The molecule has 0 fully saturated rings. The van der Waals surface area contributed by atoms with Gasteiger partial charge in [-0.3, -0.25) is 0 Å². The molecule has 2 aromatic rings. The van der Waals surface area contributed by atoms with E-state index in [4.69, 9.17) is 0 Å². The molecule has 0 bridgehead atoms. The normalized spacial score (nSPS) is 12.7. The Bertz CT molecular complexity index is 534. The van der Waals surface area contributed by atoms with Gasteiger partial charge in [0.05, 0.1) is 6.04 Å². The molecule has 0 aliphatic rings. The smallest absolute Gasteiger partial charge is 0.130 e. The second-order valence-corrected chi connectivity index (χ2v) is 4.39. The fraction of sp³-hybridized carbons (Fsp3) is 0.357. The monoisotopic (exact) mass is 247 g/mol. The van der Waals surface area contributed by atoms with Crippen molar-refractivity contribution >= 4 is 0 Å². The van der Waals surface area contributed by atoms with E-state index < -0.39 is 0 Å². The first-order valence-electron chi connectivity index (χ1n) is 6.10. The van der Waals surface area contributed by atoms with Crippen LogP contribution in [0.15, 0.2) is 30.6 Å². The van der Waals surface area contributed by atoms with Crippen LogP contribution in [0.1, 0.15) is 29.9 Å². The van der Waals surface area contributed by atoms with Crippen molar-refractivity contribution < 1.29 is 4.39 Å². The largest absolute Gasteiger partial charge is 0.336 e. The van der Waals surface area contributed by atoms with Gasteiger partial charge in [-0.2, -0.15) is 0 Å². The fourth-order valence-electron chi connectivity index (χ4n) is 2.12. The van der Waals surface area contributed by atoms with E-state index in [2.05, 4.69) is 10.3 Å². The van der Waals surface area contributed by atoms with Gasteiger partial charge in [-0.1, -0.05) is 13.0 Å². The van der Waals surface area contributed by atoms with Crippen LogP contribution in [-0.4, -0.2) is 16.1 Å². The molecule has 1 heterocycles. The number of aryl methyl sites for hydroxylation is 2. The number of hydrogen-bond donors (Lipinski definition) is 1. The summed E-state index contributed by atoms with van der Waals surface area (Å²) in [5.74, 6) is 0.679. The summed E-state index contributed by atoms with van der Waals surface area (Å²) in [6, 6.07) is 4.79. The summed E-state index contributed by atoms with van der Waals surface area (Å²) in [5, 5.41) is 3.36. The van der Waals surface area contributed by atoms with Gasteiger partial charge in [0.2, 0.25) is 0 Å². The van der Waals surface area contributed by atoms with E-state index in [0.717, 1.165) is 23.5 Å². The van der Waals surface area contributed by atoms with E-state index in [1.807, 2.05) is 31.7 Å². The van der Waals surface area contributed by atoms with Gasteiger partial charge in [-0.15, -0.1) is 0 Å². The highest BCUT2D eigenvalue weighted by molar-refractivity contribution is 5.33. The lowest BCUT2D eigenvalue weighted by Gasteiger charge is -2.20. The Labute approximate surface area is 107 Å². The molecule has 0 saturated heterocycles. The Balaban J connectivity index is 2.48. The Kier molecular flexibility index (Phi) is 3.77. The van der Waals surface area contributed by atoms with Crippen molar-refractivity contribution in [2.24, 2.45) is 7.05 Å². The first kappa shape index (κ1) is 12.8. The molecular weight excluding hydrogens is 229 g/mol. The van der Waals surface area contributed by atoms with Crippen LogP contribution in [0.2, 0.25) is 0 Å². The molecule has 2 rings (SSSR count). The van der Waals surface area contributed by atoms with Gasteiger partial charge in [0, 0.05) is 19.4 Å². The summed E-state index contributed by atoms with van der Waals surface area (Å²) in [5.41, 5.74) is 2.00. The summed E-state index contributed by atoms with van der Waals surface area (Å²) in [6.45, 7) is 4.82. The molecule has 0 aliphatic heterocycles. The fourth-order valence-corrected chi connectivity index (χ4v) is 2.12. The third-order valence-electron chi connectivity index (χ3n) is 3.08. The van der Waals surface area contributed by atoms with Gasteiger partial charge in [0.1, 0.15) is 11.6 Å². The van der Waals surface area contributed by atoms with Gasteiger partial charge in [0.25, 0.3) is 0 Å². The lowest BCUT2D eigenvalue weighted by molar-refractivity contribution is 0.565. The number of rotatable bonds is 4. The molecule has 1 aromatic heterocycles. The molecule has 96 valence electrons. The van der Waals surface area contributed by atoms with Gasteiger partial charge in [0.15, 0.2) is 0 Å². The summed E-state index contributed by atoms with van der Waals surface area (Å²) >= 11 is 0. The van der Waals surface area contributed by atoms with E-state index in [0.29, 0.717) is 0 Å². The van der Waals surface area contributed by atoms with Crippen LogP contribution in [0.25, 0.3) is 0 Å². The number of aromatic nitrogens is 2. The van der Waals surface area contributed by atoms with Crippen molar-refractivity contribution in [1.82, 2.24) is 14.9 Å². The van der Waals surface area contributed by atoms with Crippen molar-refractivity contribution in [3.05, 3.63) is 53.4 Å². The molecule has 4 heteroatoms. The van der Waals surface area contributed by atoms with Gasteiger partial charge in [-0.05, 0) is 36.7 Å². The van der Waals surface area contributed by atoms with Crippen LogP contribution in [-0.2, 0) is 7.05 Å². The molecule has 0 aliphatic carbocycles. The molecule has 1 unspecified atom stereocenters. The van der Waals surface area contributed by atoms with E-state index >= 15 is 0 Å². The van der Waals surface area contributed by atoms with Crippen molar-refractivity contribution in [2.75, 3.05) is 6.54 Å². The van der Waals surface area contributed by atoms with Crippen LogP contribution >= 0.6 is 0 Å². The topological polar surface area (TPSA) is 29.9 Å². The predicted octanol–water partition coefficient (Wildman–Crippen LogP) is 2.57. The maximum Gasteiger partial charge on any atom is 0.130 e. The number of nitrogens with one attached hydrogen (secondary N) is 1. The zero-order valence-corrected chi connectivity index (χ0v) is 10.9. The number of hydrogen-bond acceptors (Lipinski definition) is 2. The third-order valence-corrected chi connectivity index (χ3v) is 3.08. The molecular formula is C14H18FN3. The molecule has 18 heavy (non-hydrogen) atoms. The minimum absolute atomic E-state index is 0.0781. The molecule has 0 saturated carbocycles. The second-order valence-electron chi connectivity index (χ2n) is 4.39. The quantitative estimate of drug-likeness (QED) is 0.900. The third kappa shape index (κ3) is 2.43. The molecule has 0 amide bonds. The standard InChI is InChI=1S/C14H18FN3/c1-4-16-13(14-17-7-8-18(14)3)12-9-11(15)6-5-10(12)2/h5-9,13,16H,4H2,1-3H3. The first-order valence-corrected chi connectivity index (χ1v) is 6.10. The Hall–Kier alpha value is -1.68. The van der Waals surface area contributed by atoms with E-state index in [9.17, 15) is 4.39 Å². The summed E-state index contributed by atoms with van der Waals surface area (Å²) in [4.78, 5) is 4.36. The van der Waals surface area contributed by atoms with Gasteiger partial charge in [-0.25, -0.2) is 9.37 Å². The van der Waals surface area contributed by atoms with E-state index in [1.165, 1.54) is 6.07 Å². The minimum Gasteiger partial charge on any atom is -0.336 e. The number of nitrogens with zero attached hydrogens (tertiary/aromatic N) is 2. The highest BCUT2D eigenvalue weighted by Crippen LogP contribution is 2.24. The minimum atomic E-state index is -0.215. The van der Waals surface area contributed by atoms with Crippen molar-refractivity contribution in [2.45, 2.75) is 19.9 Å². The van der Waals surface area contributed by atoms with Gasteiger partial charge < -0.3 is 9.88 Å². The SMILES string of the molecule is CCNC(c1cc(F)ccc1C)c1nccn1C. The highest BCUT2D eigenvalue weighted by atomic mass is 19.1. The number of halogens is 1. The number of imidazole rings is 1. The molecule has 3 nitrogen and oxygen atoms in total. The number of benzene rings is 1. The summed E-state index contributed by atoms with van der Waals surface area (Å²) in [6.07, 6.45) is 3.66. The molecule has 0 radical (unpaired) electrons. The van der Waals surface area contributed by atoms with Crippen molar-refractivity contribution in [3.63, 3.8) is 0 Å².